The first-order chi connectivity index (χ1) is 10.8. The van der Waals surface area contributed by atoms with Crippen molar-refractivity contribution in [2.75, 3.05) is 25.6 Å². The van der Waals surface area contributed by atoms with E-state index in [-0.39, 0.29) is 5.56 Å². The number of aliphatic hydroxyl groups is 3. The summed E-state index contributed by atoms with van der Waals surface area (Å²) in [5, 5.41) is 29.3. The number of H-pyrrole nitrogens is 1. The van der Waals surface area contributed by atoms with Crippen molar-refractivity contribution >= 4 is 17.1 Å². The smallest absolute Gasteiger partial charge is 0.313 e. The van der Waals surface area contributed by atoms with E-state index in [1.54, 1.807) is 36.9 Å². The molecule has 1 saturated heterocycles. The number of hydrogen-bond donors (Lipinski definition) is 4. The molecule has 1 fully saturated rings. The predicted octanol–water partition coefficient (Wildman–Crippen LogP) is -2.77. The molecule has 10 nitrogen and oxygen atoms in total. The van der Waals surface area contributed by atoms with Gasteiger partial charge in [0.2, 0.25) is 11.7 Å². The Kier molecular flexibility index (Phi) is 3.84. The topological polar surface area (TPSA) is 128 Å². The van der Waals surface area contributed by atoms with Gasteiger partial charge in [0.05, 0.1) is 13.7 Å². The zero-order valence-corrected chi connectivity index (χ0v) is 13.0. The van der Waals surface area contributed by atoms with Gasteiger partial charge in [0.15, 0.2) is 6.33 Å². The van der Waals surface area contributed by atoms with Crippen molar-refractivity contribution in [3.63, 3.8) is 0 Å². The molecule has 0 bridgehead atoms. The van der Waals surface area contributed by atoms with Crippen molar-refractivity contribution < 1.29 is 24.6 Å². The minimum absolute atomic E-state index is 0.313. The number of rotatable bonds is 3. The minimum atomic E-state index is -1.24. The van der Waals surface area contributed by atoms with Gasteiger partial charge in [0, 0.05) is 14.1 Å². The number of nitrogens with zero attached hydrogens (tertiary/aromatic N) is 4. The number of imidazole rings is 1. The second-order valence-electron chi connectivity index (χ2n) is 5.82. The highest BCUT2D eigenvalue weighted by Gasteiger charge is 2.46. The third-order valence-electron chi connectivity index (χ3n) is 3.97. The van der Waals surface area contributed by atoms with Gasteiger partial charge in [-0.25, -0.2) is 4.57 Å². The van der Waals surface area contributed by atoms with E-state index in [1.807, 2.05) is 0 Å². The van der Waals surface area contributed by atoms with Crippen LogP contribution in [-0.4, -0.2) is 68.9 Å². The predicted molar refractivity (Wildman–Crippen MR) is 78.9 cm³/mol. The highest BCUT2D eigenvalue weighted by atomic mass is 16.6. The van der Waals surface area contributed by atoms with Crippen molar-refractivity contribution in [2.24, 2.45) is 7.05 Å². The lowest BCUT2D eigenvalue weighted by Gasteiger charge is -2.12. The number of anilines is 1. The lowest BCUT2D eigenvalue weighted by Crippen LogP contribution is -2.46. The molecule has 0 aliphatic carbocycles. The second-order valence-corrected chi connectivity index (χ2v) is 5.82. The third kappa shape index (κ3) is 2.39. The standard InChI is InChI=1S/C13H19N5O5/c1-16(2)13-14-10-7(11(22)15-13)17(3)5-18(10)12-9(21)8(20)6(4-19)23-12/h5-6,8-9,12,19-21H,4H2,1-3H3/p+1/t6-,8?,9?,12-/m1/s1. The first-order valence-electron chi connectivity index (χ1n) is 7.15. The maximum Gasteiger partial charge on any atom is 0.313 e. The SMILES string of the molecule is CN(C)c1nc2c(c(=O)[nH]1)n(C)c[n+]2[C@@H]1O[C@H](CO)C(O)C1O. The molecule has 0 saturated carbocycles. The molecule has 0 radical (unpaired) electrons. The van der Waals surface area contributed by atoms with Crippen molar-refractivity contribution in [1.29, 1.82) is 0 Å². The number of ether oxygens (including phenoxy) is 1. The number of aryl methyl sites for hydroxylation is 1. The van der Waals surface area contributed by atoms with Crippen LogP contribution in [0.25, 0.3) is 11.2 Å². The summed E-state index contributed by atoms with van der Waals surface area (Å²) in [6.45, 7) is -0.420. The van der Waals surface area contributed by atoms with Crippen LogP contribution in [-0.2, 0) is 11.8 Å². The van der Waals surface area contributed by atoms with Crippen LogP contribution in [0.1, 0.15) is 6.23 Å². The summed E-state index contributed by atoms with van der Waals surface area (Å²) in [4.78, 5) is 21.0. The van der Waals surface area contributed by atoms with E-state index < -0.39 is 31.1 Å². The molecule has 4 atom stereocenters. The fourth-order valence-electron chi connectivity index (χ4n) is 2.75. The molecule has 2 aromatic rings. The van der Waals surface area contributed by atoms with Gasteiger partial charge in [-0.1, -0.05) is 4.98 Å². The molecule has 4 N–H and O–H groups in total. The molecular formula is C13H20N5O5+. The largest absolute Gasteiger partial charge is 0.394 e. The van der Waals surface area contributed by atoms with E-state index in [0.717, 1.165) is 0 Å². The summed E-state index contributed by atoms with van der Waals surface area (Å²) in [5.74, 6) is 0.356. The average Bonchev–Trinajstić information content (AvgIpc) is 2.98. The minimum Gasteiger partial charge on any atom is -0.394 e. The van der Waals surface area contributed by atoms with Crippen molar-refractivity contribution in [3.05, 3.63) is 16.7 Å². The number of aromatic amines is 1. The molecular weight excluding hydrogens is 306 g/mol. The highest BCUT2D eigenvalue weighted by molar-refractivity contribution is 5.67. The summed E-state index contributed by atoms with van der Waals surface area (Å²) >= 11 is 0. The van der Waals surface area contributed by atoms with E-state index in [1.165, 1.54) is 4.57 Å². The zero-order chi connectivity index (χ0) is 16.9. The first kappa shape index (κ1) is 15.9. The molecule has 126 valence electrons. The van der Waals surface area contributed by atoms with Gasteiger partial charge >= 0.3 is 5.65 Å². The molecule has 0 amide bonds. The lowest BCUT2D eigenvalue weighted by molar-refractivity contribution is -0.745. The molecule has 1 aliphatic rings. The molecule has 10 heteroatoms. The van der Waals surface area contributed by atoms with E-state index in [9.17, 15) is 20.1 Å². The monoisotopic (exact) mass is 326 g/mol. The summed E-state index contributed by atoms with van der Waals surface area (Å²) in [5.41, 5.74) is 0.301. The van der Waals surface area contributed by atoms with Gasteiger partial charge in [0.1, 0.15) is 18.3 Å². The molecule has 0 aromatic carbocycles. The quantitative estimate of drug-likeness (QED) is 0.449. The number of fused-ring (bicyclic) bond motifs is 1. The van der Waals surface area contributed by atoms with Crippen LogP contribution in [0.15, 0.2) is 11.1 Å². The Morgan fingerprint density at radius 2 is 2.13 bits per heavy atom. The summed E-state index contributed by atoms with van der Waals surface area (Å²) in [6.07, 6.45) is -2.75. The van der Waals surface area contributed by atoms with E-state index >= 15 is 0 Å². The van der Waals surface area contributed by atoms with Crippen molar-refractivity contribution in [3.8, 4) is 0 Å². The molecule has 0 spiro atoms. The summed E-state index contributed by atoms with van der Waals surface area (Å²) in [7, 11) is 5.15. The molecule has 3 rings (SSSR count). The van der Waals surface area contributed by atoms with E-state index in [4.69, 9.17) is 4.74 Å². The van der Waals surface area contributed by atoms with Gasteiger partial charge in [-0.2, -0.15) is 0 Å². The normalized spacial score (nSPS) is 27.7. The van der Waals surface area contributed by atoms with Crippen molar-refractivity contribution in [1.82, 2.24) is 14.5 Å². The fraction of sp³-hybridized carbons (Fsp3) is 0.615. The van der Waals surface area contributed by atoms with Crippen LogP contribution in [0.5, 0.6) is 0 Å². The van der Waals surface area contributed by atoms with E-state index in [0.29, 0.717) is 17.1 Å². The lowest BCUT2D eigenvalue weighted by atomic mass is 10.1. The van der Waals surface area contributed by atoms with Gasteiger partial charge < -0.3 is 25.0 Å². The summed E-state index contributed by atoms with van der Waals surface area (Å²) in [6, 6.07) is 0. The molecule has 1 aliphatic heterocycles. The maximum absolute atomic E-state index is 12.3. The summed E-state index contributed by atoms with van der Waals surface area (Å²) < 4.78 is 8.57. The Balaban J connectivity index is 2.17. The fourth-order valence-corrected chi connectivity index (χ4v) is 2.75. The Morgan fingerprint density at radius 3 is 2.70 bits per heavy atom. The number of nitrogens with one attached hydrogen (secondary N) is 1. The zero-order valence-electron chi connectivity index (χ0n) is 13.0. The Labute approximate surface area is 131 Å². The van der Waals surface area contributed by atoms with Gasteiger partial charge in [-0.05, 0) is 0 Å². The average molecular weight is 326 g/mol. The molecule has 3 heterocycles. The number of aliphatic hydroxyl groups excluding tert-OH is 3. The molecule has 2 aromatic heterocycles. The van der Waals surface area contributed by atoms with Crippen LogP contribution < -0.4 is 15.0 Å². The van der Waals surface area contributed by atoms with E-state index in [2.05, 4.69) is 9.97 Å². The number of hydrogen-bond acceptors (Lipinski definition) is 7. The van der Waals surface area contributed by atoms with Gasteiger partial charge in [0.25, 0.3) is 11.5 Å². The first-order valence-corrected chi connectivity index (χ1v) is 7.15. The highest BCUT2D eigenvalue weighted by Crippen LogP contribution is 2.26. The maximum atomic E-state index is 12.3. The van der Waals surface area contributed by atoms with Crippen LogP contribution >= 0.6 is 0 Å². The van der Waals surface area contributed by atoms with Crippen LogP contribution in [0.3, 0.4) is 0 Å². The van der Waals surface area contributed by atoms with Crippen LogP contribution in [0.4, 0.5) is 5.95 Å². The Bertz CT molecular complexity index is 785. The van der Waals surface area contributed by atoms with Gasteiger partial charge in [-0.3, -0.25) is 14.3 Å². The number of aromatic nitrogens is 4. The third-order valence-corrected chi connectivity index (χ3v) is 3.97. The molecule has 2 unspecified atom stereocenters. The van der Waals surface area contributed by atoms with Crippen LogP contribution in [0, 0.1) is 0 Å². The van der Waals surface area contributed by atoms with Crippen LogP contribution in [0.2, 0.25) is 0 Å². The second kappa shape index (κ2) is 5.57. The van der Waals surface area contributed by atoms with Gasteiger partial charge in [-0.15, -0.1) is 0 Å². The Hall–Kier alpha value is -2.01. The van der Waals surface area contributed by atoms with Crippen molar-refractivity contribution in [2.45, 2.75) is 24.5 Å². The molecule has 23 heavy (non-hydrogen) atoms. The Morgan fingerprint density at radius 1 is 1.43 bits per heavy atom.